The molecule has 0 saturated carbocycles. The second-order valence-electron chi connectivity index (χ2n) is 4.41. The van der Waals surface area contributed by atoms with E-state index in [9.17, 15) is 0 Å². The fourth-order valence-electron chi connectivity index (χ4n) is 1.83. The van der Waals surface area contributed by atoms with Crippen LogP contribution in [0.25, 0.3) is 22.4 Å². The Kier molecular flexibility index (Phi) is 2.21. The van der Waals surface area contributed by atoms with Crippen LogP contribution in [0.2, 0.25) is 0 Å². The number of nitrogens with one attached hydrogen (secondary N) is 1. The number of imidazole rings is 1. The van der Waals surface area contributed by atoms with Gasteiger partial charge in [0, 0.05) is 12.2 Å². The molecule has 0 radical (unpaired) electrons. The molecule has 17 heavy (non-hydrogen) atoms. The van der Waals surface area contributed by atoms with E-state index in [2.05, 4.69) is 28.9 Å². The average Bonchev–Trinajstić information content (AvgIpc) is 2.95. The molecule has 0 spiro atoms. The van der Waals surface area contributed by atoms with Gasteiger partial charge in [-0.2, -0.15) is 5.10 Å². The lowest BCUT2D eigenvalue weighted by molar-refractivity contribution is 0.532. The van der Waals surface area contributed by atoms with Crippen molar-refractivity contribution in [3.05, 3.63) is 36.7 Å². The van der Waals surface area contributed by atoms with Crippen molar-refractivity contribution in [1.82, 2.24) is 19.7 Å². The third-order valence-electron chi connectivity index (χ3n) is 2.79. The topological polar surface area (TPSA) is 46.5 Å². The van der Waals surface area contributed by atoms with Crippen LogP contribution >= 0.6 is 0 Å². The maximum Gasteiger partial charge on any atom is 0.141 e. The molecule has 3 rings (SSSR count). The minimum Gasteiger partial charge on any atom is -0.338 e. The van der Waals surface area contributed by atoms with Crippen molar-refractivity contribution in [2.45, 2.75) is 19.9 Å². The minimum absolute atomic E-state index is 0.369. The molecule has 4 nitrogen and oxygen atoms in total. The molecule has 1 aromatic carbocycles. The van der Waals surface area contributed by atoms with Crippen molar-refractivity contribution < 1.29 is 0 Å². The zero-order chi connectivity index (χ0) is 11.8. The highest BCUT2D eigenvalue weighted by Crippen LogP contribution is 2.20. The lowest BCUT2D eigenvalue weighted by atomic mass is 10.3. The van der Waals surface area contributed by atoms with E-state index in [1.165, 1.54) is 0 Å². The highest BCUT2D eigenvalue weighted by atomic mass is 15.3. The highest BCUT2D eigenvalue weighted by molar-refractivity contribution is 5.78. The molecule has 0 aliphatic rings. The second-order valence-corrected chi connectivity index (χ2v) is 4.41. The van der Waals surface area contributed by atoms with Crippen LogP contribution in [0.4, 0.5) is 0 Å². The summed E-state index contributed by atoms with van der Waals surface area (Å²) in [5.41, 5.74) is 3.06. The summed E-state index contributed by atoms with van der Waals surface area (Å²) in [5, 5.41) is 4.32. The van der Waals surface area contributed by atoms with Gasteiger partial charge in [-0.25, -0.2) is 4.98 Å². The highest BCUT2D eigenvalue weighted by Gasteiger charge is 2.08. The Balaban J connectivity index is 2.07. The summed E-state index contributed by atoms with van der Waals surface area (Å²) in [7, 11) is 0. The van der Waals surface area contributed by atoms with E-state index < -0.39 is 0 Å². The summed E-state index contributed by atoms with van der Waals surface area (Å²) in [4.78, 5) is 7.85. The first-order valence-corrected chi connectivity index (χ1v) is 5.73. The van der Waals surface area contributed by atoms with Crippen molar-refractivity contribution in [2.24, 2.45) is 0 Å². The van der Waals surface area contributed by atoms with Crippen LogP contribution in [0.1, 0.15) is 19.9 Å². The van der Waals surface area contributed by atoms with Crippen LogP contribution < -0.4 is 0 Å². The first-order valence-electron chi connectivity index (χ1n) is 5.73. The van der Waals surface area contributed by atoms with Gasteiger partial charge in [0.1, 0.15) is 5.82 Å². The van der Waals surface area contributed by atoms with Gasteiger partial charge in [-0.1, -0.05) is 12.1 Å². The summed E-state index contributed by atoms with van der Waals surface area (Å²) >= 11 is 0. The van der Waals surface area contributed by atoms with E-state index in [0.717, 1.165) is 22.4 Å². The smallest absolute Gasteiger partial charge is 0.141 e. The van der Waals surface area contributed by atoms with E-state index in [-0.39, 0.29) is 0 Å². The summed E-state index contributed by atoms with van der Waals surface area (Å²) in [6.45, 7) is 4.21. The fourth-order valence-corrected chi connectivity index (χ4v) is 1.83. The van der Waals surface area contributed by atoms with Gasteiger partial charge in [-0.05, 0) is 26.0 Å². The van der Waals surface area contributed by atoms with Crippen LogP contribution in [0.15, 0.2) is 36.7 Å². The molecule has 0 aliphatic heterocycles. The van der Waals surface area contributed by atoms with Gasteiger partial charge in [0.05, 0.1) is 22.8 Å². The number of aromatic amines is 1. The molecule has 2 aromatic heterocycles. The fraction of sp³-hybridized carbons (Fsp3) is 0.231. The number of aromatic nitrogens is 4. The molecule has 0 saturated heterocycles. The predicted octanol–water partition coefficient (Wildman–Crippen LogP) is 3.01. The lowest BCUT2D eigenvalue weighted by Crippen LogP contribution is -1.99. The van der Waals surface area contributed by atoms with E-state index in [1.54, 1.807) is 0 Å². The zero-order valence-corrected chi connectivity index (χ0v) is 9.88. The van der Waals surface area contributed by atoms with Crippen molar-refractivity contribution >= 4 is 11.0 Å². The zero-order valence-electron chi connectivity index (χ0n) is 9.88. The van der Waals surface area contributed by atoms with E-state index in [1.807, 2.05) is 41.3 Å². The van der Waals surface area contributed by atoms with Crippen molar-refractivity contribution in [3.63, 3.8) is 0 Å². The first-order chi connectivity index (χ1) is 8.24. The average molecular weight is 226 g/mol. The normalized spacial score (nSPS) is 11.5. The maximum atomic E-state index is 4.55. The first kappa shape index (κ1) is 10.1. The third kappa shape index (κ3) is 1.71. The molecule has 2 heterocycles. The molecule has 0 bridgehead atoms. The summed E-state index contributed by atoms with van der Waals surface area (Å²) in [5.74, 6) is 0.873. The molecule has 4 heteroatoms. The molecular weight excluding hydrogens is 212 g/mol. The van der Waals surface area contributed by atoms with Gasteiger partial charge < -0.3 is 4.98 Å². The maximum absolute atomic E-state index is 4.55. The minimum atomic E-state index is 0.369. The molecule has 1 N–H and O–H groups in total. The Morgan fingerprint density at radius 1 is 1.24 bits per heavy atom. The summed E-state index contributed by atoms with van der Waals surface area (Å²) < 4.78 is 1.93. The number of nitrogens with zero attached hydrogens (tertiary/aromatic N) is 3. The van der Waals surface area contributed by atoms with Crippen LogP contribution in [-0.2, 0) is 0 Å². The van der Waals surface area contributed by atoms with Crippen LogP contribution in [-0.4, -0.2) is 19.7 Å². The molecule has 0 atom stereocenters. The van der Waals surface area contributed by atoms with Crippen molar-refractivity contribution in [3.8, 4) is 11.4 Å². The van der Waals surface area contributed by atoms with Crippen LogP contribution in [0, 0.1) is 0 Å². The quantitative estimate of drug-likeness (QED) is 0.730. The predicted molar refractivity (Wildman–Crippen MR) is 67.7 cm³/mol. The lowest BCUT2D eigenvalue weighted by Gasteiger charge is -2.02. The third-order valence-corrected chi connectivity index (χ3v) is 2.79. The van der Waals surface area contributed by atoms with Crippen LogP contribution in [0.3, 0.4) is 0 Å². The van der Waals surface area contributed by atoms with E-state index in [0.29, 0.717) is 6.04 Å². The number of hydrogen-bond acceptors (Lipinski definition) is 2. The number of benzene rings is 1. The van der Waals surface area contributed by atoms with Gasteiger partial charge in [0.25, 0.3) is 0 Å². The molecule has 0 fully saturated rings. The van der Waals surface area contributed by atoms with Gasteiger partial charge >= 0.3 is 0 Å². The Hall–Kier alpha value is -2.10. The van der Waals surface area contributed by atoms with Gasteiger partial charge in [0.15, 0.2) is 0 Å². The Bertz CT molecular complexity index is 615. The van der Waals surface area contributed by atoms with E-state index in [4.69, 9.17) is 0 Å². The molecular formula is C13H14N4. The number of hydrogen-bond donors (Lipinski definition) is 1. The number of H-pyrrole nitrogens is 1. The summed E-state index contributed by atoms with van der Waals surface area (Å²) in [6, 6.07) is 8.39. The molecule has 0 amide bonds. The Morgan fingerprint density at radius 3 is 2.76 bits per heavy atom. The Morgan fingerprint density at radius 2 is 2.06 bits per heavy atom. The monoisotopic (exact) mass is 226 g/mol. The Labute approximate surface area is 99.3 Å². The van der Waals surface area contributed by atoms with Gasteiger partial charge in [-0.3, -0.25) is 4.68 Å². The standard InChI is InChI=1S/C13H14N4/c1-9(2)17-8-10(7-14-17)13-15-11-5-3-4-6-12(11)16-13/h3-9H,1-2H3,(H,15,16). The molecule has 0 unspecified atom stereocenters. The number of rotatable bonds is 2. The number of para-hydroxylation sites is 2. The number of fused-ring (bicyclic) bond motifs is 1. The largest absolute Gasteiger partial charge is 0.338 e. The SMILES string of the molecule is CC(C)n1cc(-c2nc3ccccc3[nH]2)cn1. The van der Waals surface area contributed by atoms with E-state index >= 15 is 0 Å². The van der Waals surface area contributed by atoms with Gasteiger partial charge in [0.2, 0.25) is 0 Å². The summed E-state index contributed by atoms with van der Waals surface area (Å²) in [6.07, 6.45) is 3.86. The van der Waals surface area contributed by atoms with Gasteiger partial charge in [-0.15, -0.1) is 0 Å². The molecule has 86 valence electrons. The second kappa shape index (κ2) is 3.73. The van der Waals surface area contributed by atoms with Crippen LogP contribution in [0.5, 0.6) is 0 Å². The molecule has 3 aromatic rings. The molecule has 0 aliphatic carbocycles. The van der Waals surface area contributed by atoms with Crippen molar-refractivity contribution in [1.29, 1.82) is 0 Å². The van der Waals surface area contributed by atoms with Crippen molar-refractivity contribution in [2.75, 3.05) is 0 Å².